The van der Waals surface area contributed by atoms with E-state index in [9.17, 15) is 0 Å². The van der Waals surface area contributed by atoms with Gasteiger partial charge in [-0.15, -0.1) is 0 Å². The molecule has 1 nitrogen and oxygen atoms in total. The van der Waals surface area contributed by atoms with Crippen LogP contribution in [0.4, 0.5) is 0 Å². The zero-order valence-electron chi connectivity index (χ0n) is 10.1. The third-order valence-corrected chi connectivity index (χ3v) is 3.99. The first-order chi connectivity index (χ1) is 8.79. The minimum atomic E-state index is 0.641. The molecule has 1 aliphatic carbocycles. The summed E-state index contributed by atoms with van der Waals surface area (Å²) >= 11 is 5.94. The van der Waals surface area contributed by atoms with Crippen molar-refractivity contribution in [2.24, 2.45) is 11.7 Å². The van der Waals surface area contributed by atoms with Crippen molar-refractivity contribution in [3.8, 4) is 11.1 Å². The molecule has 2 aromatic carbocycles. The summed E-state index contributed by atoms with van der Waals surface area (Å²) in [6, 6.07) is 16.7. The van der Waals surface area contributed by atoms with Crippen molar-refractivity contribution in [1.29, 1.82) is 0 Å². The van der Waals surface area contributed by atoms with Crippen LogP contribution in [0.3, 0.4) is 0 Å². The number of nitrogens with two attached hydrogens (primary N) is 1. The lowest BCUT2D eigenvalue weighted by Crippen LogP contribution is -2.02. The van der Waals surface area contributed by atoms with Crippen LogP contribution >= 0.6 is 11.6 Å². The largest absolute Gasteiger partial charge is 0.330 e. The van der Waals surface area contributed by atoms with Crippen LogP contribution in [0.2, 0.25) is 5.02 Å². The molecule has 0 amide bonds. The lowest BCUT2D eigenvalue weighted by Gasteiger charge is -2.09. The van der Waals surface area contributed by atoms with Crippen molar-refractivity contribution in [2.75, 3.05) is 6.54 Å². The summed E-state index contributed by atoms with van der Waals surface area (Å²) in [4.78, 5) is 0. The fraction of sp³-hybridized carbons (Fsp3) is 0.250. The topological polar surface area (TPSA) is 26.0 Å². The van der Waals surface area contributed by atoms with Crippen LogP contribution in [0.1, 0.15) is 17.9 Å². The van der Waals surface area contributed by atoms with Gasteiger partial charge in [0.15, 0.2) is 0 Å². The summed E-state index contributed by atoms with van der Waals surface area (Å²) in [6.45, 7) is 0.791. The Balaban J connectivity index is 1.99. The van der Waals surface area contributed by atoms with Crippen molar-refractivity contribution in [3.05, 3.63) is 59.1 Å². The molecule has 0 bridgehead atoms. The minimum absolute atomic E-state index is 0.641. The Labute approximate surface area is 113 Å². The van der Waals surface area contributed by atoms with Gasteiger partial charge in [-0.1, -0.05) is 48.0 Å². The molecule has 0 radical (unpaired) electrons. The number of halogens is 1. The third-order valence-electron chi connectivity index (χ3n) is 3.74. The number of rotatable bonds is 3. The zero-order valence-corrected chi connectivity index (χ0v) is 10.9. The molecule has 1 saturated carbocycles. The van der Waals surface area contributed by atoms with Crippen molar-refractivity contribution < 1.29 is 0 Å². The van der Waals surface area contributed by atoms with Gasteiger partial charge in [0.25, 0.3) is 0 Å². The fourth-order valence-electron chi connectivity index (χ4n) is 2.60. The summed E-state index contributed by atoms with van der Waals surface area (Å²) in [5.41, 5.74) is 9.73. The monoisotopic (exact) mass is 257 g/mol. The van der Waals surface area contributed by atoms with Crippen molar-refractivity contribution >= 4 is 11.6 Å². The van der Waals surface area contributed by atoms with E-state index in [1.54, 1.807) is 0 Å². The van der Waals surface area contributed by atoms with Gasteiger partial charge in [-0.3, -0.25) is 0 Å². The van der Waals surface area contributed by atoms with E-state index in [0.29, 0.717) is 11.8 Å². The van der Waals surface area contributed by atoms with Crippen LogP contribution < -0.4 is 5.73 Å². The predicted octanol–water partition coefficient (Wildman–Crippen LogP) is 4.07. The molecule has 2 unspecified atom stereocenters. The Morgan fingerprint density at radius 3 is 2.44 bits per heavy atom. The predicted molar refractivity (Wildman–Crippen MR) is 76.8 cm³/mol. The molecule has 1 aliphatic rings. The summed E-state index contributed by atoms with van der Waals surface area (Å²) in [5.74, 6) is 1.31. The summed E-state index contributed by atoms with van der Waals surface area (Å²) in [7, 11) is 0. The van der Waals surface area contributed by atoms with E-state index in [-0.39, 0.29) is 0 Å². The van der Waals surface area contributed by atoms with Crippen LogP contribution in [-0.2, 0) is 0 Å². The van der Waals surface area contributed by atoms with Gasteiger partial charge in [0.05, 0.1) is 0 Å². The smallest absolute Gasteiger partial charge is 0.0406 e. The van der Waals surface area contributed by atoms with Gasteiger partial charge >= 0.3 is 0 Å². The lowest BCUT2D eigenvalue weighted by molar-refractivity contribution is 0.810. The molecule has 2 heteroatoms. The number of hydrogen-bond acceptors (Lipinski definition) is 1. The lowest BCUT2D eigenvalue weighted by atomic mass is 9.96. The highest BCUT2D eigenvalue weighted by atomic mass is 35.5. The second kappa shape index (κ2) is 4.75. The maximum atomic E-state index is 5.94. The van der Waals surface area contributed by atoms with Gasteiger partial charge < -0.3 is 5.73 Å². The molecule has 1 fully saturated rings. The Kier molecular flexibility index (Phi) is 3.11. The molecule has 92 valence electrons. The van der Waals surface area contributed by atoms with Gasteiger partial charge in [0.1, 0.15) is 0 Å². The molecule has 0 spiro atoms. The highest BCUT2D eigenvalue weighted by Gasteiger charge is 2.38. The summed E-state index contributed by atoms with van der Waals surface area (Å²) < 4.78 is 0. The second-order valence-electron chi connectivity index (χ2n) is 4.93. The molecular weight excluding hydrogens is 242 g/mol. The maximum absolute atomic E-state index is 5.94. The molecule has 0 saturated heterocycles. The van der Waals surface area contributed by atoms with E-state index in [1.807, 2.05) is 12.1 Å². The first-order valence-electron chi connectivity index (χ1n) is 6.34. The van der Waals surface area contributed by atoms with E-state index in [1.165, 1.54) is 23.1 Å². The third kappa shape index (κ3) is 2.16. The molecule has 0 aromatic heterocycles. The number of benzene rings is 2. The number of hydrogen-bond donors (Lipinski definition) is 1. The van der Waals surface area contributed by atoms with E-state index in [2.05, 4.69) is 36.4 Å². The van der Waals surface area contributed by atoms with Gasteiger partial charge in [-0.05, 0) is 53.6 Å². The van der Waals surface area contributed by atoms with E-state index < -0.39 is 0 Å². The van der Waals surface area contributed by atoms with Crippen molar-refractivity contribution in [2.45, 2.75) is 12.3 Å². The SMILES string of the molecule is NCC1CC1c1ccccc1-c1ccc(Cl)cc1. The van der Waals surface area contributed by atoms with Crippen LogP contribution in [0, 0.1) is 5.92 Å². The Morgan fingerprint density at radius 2 is 1.78 bits per heavy atom. The van der Waals surface area contributed by atoms with Crippen LogP contribution in [-0.4, -0.2) is 6.54 Å². The van der Waals surface area contributed by atoms with Crippen molar-refractivity contribution in [3.63, 3.8) is 0 Å². The quantitative estimate of drug-likeness (QED) is 0.881. The normalized spacial score (nSPS) is 21.9. The molecular formula is C16H16ClN. The van der Waals surface area contributed by atoms with E-state index in [4.69, 9.17) is 17.3 Å². The van der Waals surface area contributed by atoms with Crippen LogP contribution in [0.15, 0.2) is 48.5 Å². The highest BCUT2D eigenvalue weighted by molar-refractivity contribution is 6.30. The average molecular weight is 258 g/mol. The Hall–Kier alpha value is -1.31. The van der Waals surface area contributed by atoms with Gasteiger partial charge in [0, 0.05) is 5.02 Å². The zero-order chi connectivity index (χ0) is 12.5. The molecule has 0 heterocycles. The molecule has 18 heavy (non-hydrogen) atoms. The minimum Gasteiger partial charge on any atom is -0.330 e. The van der Waals surface area contributed by atoms with Crippen LogP contribution in [0.25, 0.3) is 11.1 Å². The Morgan fingerprint density at radius 1 is 1.06 bits per heavy atom. The van der Waals surface area contributed by atoms with Crippen LogP contribution in [0.5, 0.6) is 0 Å². The second-order valence-corrected chi connectivity index (χ2v) is 5.37. The molecule has 2 aromatic rings. The first kappa shape index (κ1) is 11.8. The molecule has 3 rings (SSSR count). The van der Waals surface area contributed by atoms with E-state index in [0.717, 1.165) is 11.6 Å². The standard InChI is InChI=1S/C16H16ClN/c17-13-7-5-11(6-8-13)14-3-1-2-4-15(14)16-9-12(16)10-18/h1-8,12,16H,9-10,18H2. The fourth-order valence-corrected chi connectivity index (χ4v) is 2.73. The molecule has 2 N–H and O–H groups in total. The molecule has 0 aliphatic heterocycles. The maximum Gasteiger partial charge on any atom is 0.0406 e. The Bertz CT molecular complexity index is 547. The summed E-state index contributed by atoms with van der Waals surface area (Å²) in [5, 5.41) is 0.780. The summed E-state index contributed by atoms with van der Waals surface area (Å²) in [6.07, 6.45) is 1.22. The highest BCUT2D eigenvalue weighted by Crippen LogP contribution is 2.49. The van der Waals surface area contributed by atoms with E-state index >= 15 is 0 Å². The van der Waals surface area contributed by atoms with Gasteiger partial charge in [0.2, 0.25) is 0 Å². The van der Waals surface area contributed by atoms with Gasteiger partial charge in [-0.2, -0.15) is 0 Å². The first-order valence-corrected chi connectivity index (χ1v) is 6.72. The average Bonchev–Trinajstić information content (AvgIpc) is 3.19. The van der Waals surface area contributed by atoms with Crippen molar-refractivity contribution in [1.82, 2.24) is 0 Å². The van der Waals surface area contributed by atoms with Gasteiger partial charge in [-0.25, -0.2) is 0 Å². The molecule has 2 atom stereocenters.